The van der Waals surface area contributed by atoms with Crippen molar-refractivity contribution in [2.75, 3.05) is 78.5 Å². The van der Waals surface area contributed by atoms with Crippen molar-refractivity contribution in [1.82, 2.24) is 31.9 Å². The fourth-order valence-corrected chi connectivity index (χ4v) is 3.92. The van der Waals surface area contributed by atoms with Gasteiger partial charge in [-0.1, -0.05) is 18.2 Å². The lowest BCUT2D eigenvalue weighted by Crippen LogP contribution is -2.25. The standard InChI is InChI=1S/C27H57N9/c28-7-1-10-31-13-4-16-34-22-25-19-26(23-35-17-5-14-32-11-2-8-29)21-27(20-25)24-36-18-6-15-33-12-3-9-30/h19-21,31-36H,1-18,22-24,28-30H2. The third kappa shape index (κ3) is 20.0. The van der Waals surface area contributed by atoms with Crippen molar-refractivity contribution in [3.63, 3.8) is 0 Å². The third-order valence-electron chi connectivity index (χ3n) is 5.89. The average Bonchev–Trinajstić information content (AvgIpc) is 2.89. The van der Waals surface area contributed by atoms with Gasteiger partial charge in [0.25, 0.3) is 0 Å². The molecule has 0 fully saturated rings. The van der Waals surface area contributed by atoms with Gasteiger partial charge in [-0.05, 0) is 134 Å². The SMILES string of the molecule is NCCCNCCCNCc1cc(CNCCCNCCCN)cc(CNCCCNCCCN)c1. The first-order valence-corrected chi connectivity index (χ1v) is 14.3. The summed E-state index contributed by atoms with van der Waals surface area (Å²) >= 11 is 0. The molecule has 0 saturated heterocycles. The molecule has 1 aromatic carbocycles. The minimum Gasteiger partial charge on any atom is -0.330 e. The van der Waals surface area contributed by atoms with Gasteiger partial charge in [0, 0.05) is 19.6 Å². The molecule has 210 valence electrons. The molecule has 0 spiro atoms. The molecule has 1 aromatic rings. The highest BCUT2D eigenvalue weighted by Gasteiger charge is 2.03. The summed E-state index contributed by atoms with van der Waals surface area (Å²) in [6, 6.07) is 7.01. The molecule has 0 bridgehead atoms. The summed E-state index contributed by atoms with van der Waals surface area (Å²) < 4.78 is 0. The van der Waals surface area contributed by atoms with Crippen LogP contribution in [0.2, 0.25) is 0 Å². The molecule has 0 radical (unpaired) electrons. The van der Waals surface area contributed by atoms with Crippen LogP contribution in [0.25, 0.3) is 0 Å². The largest absolute Gasteiger partial charge is 0.330 e. The van der Waals surface area contributed by atoms with E-state index in [1.807, 2.05) is 0 Å². The number of hydrogen-bond donors (Lipinski definition) is 9. The molecule has 9 nitrogen and oxygen atoms in total. The summed E-state index contributed by atoms with van der Waals surface area (Å²) in [5.41, 5.74) is 20.7. The summed E-state index contributed by atoms with van der Waals surface area (Å²) in [5.74, 6) is 0. The molecule has 12 N–H and O–H groups in total. The molecule has 0 saturated carbocycles. The smallest absolute Gasteiger partial charge is 0.0205 e. The van der Waals surface area contributed by atoms with Gasteiger partial charge in [0.05, 0.1) is 0 Å². The maximum absolute atomic E-state index is 5.54. The van der Waals surface area contributed by atoms with Crippen LogP contribution in [-0.2, 0) is 19.6 Å². The van der Waals surface area contributed by atoms with Crippen molar-refractivity contribution >= 4 is 0 Å². The van der Waals surface area contributed by atoms with E-state index in [4.69, 9.17) is 17.2 Å². The van der Waals surface area contributed by atoms with E-state index < -0.39 is 0 Å². The first kappa shape index (κ1) is 32.9. The lowest BCUT2D eigenvalue weighted by Gasteiger charge is -2.13. The Morgan fingerprint density at radius 2 is 0.611 bits per heavy atom. The van der Waals surface area contributed by atoms with Gasteiger partial charge in [-0.2, -0.15) is 0 Å². The average molecular weight is 508 g/mol. The summed E-state index contributed by atoms with van der Waals surface area (Å²) in [5, 5.41) is 21.2. The molecule has 0 aromatic heterocycles. The molecule has 9 heteroatoms. The summed E-state index contributed by atoms with van der Waals surface area (Å²) in [4.78, 5) is 0. The Kier molecular flexibility index (Phi) is 23.3. The Hall–Kier alpha value is -1.14. The Balaban J connectivity index is 2.40. The second-order valence-corrected chi connectivity index (χ2v) is 9.43. The zero-order valence-electron chi connectivity index (χ0n) is 22.8. The van der Waals surface area contributed by atoms with E-state index in [2.05, 4.69) is 50.1 Å². The van der Waals surface area contributed by atoms with Gasteiger partial charge in [0.2, 0.25) is 0 Å². The molecule has 1 rings (SSSR count). The Labute approximate surface area is 220 Å². The normalized spacial score (nSPS) is 11.4. The summed E-state index contributed by atoms with van der Waals surface area (Å²) in [6.07, 6.45) is 6.50. The van der Waals surface area contributed by atoms with Gasteiger partial charge in [-0.3, -0.25) is 0 Å². The predicted molar refractivity (Wildman–Crippen MR) is 155 cm³/mol. The van der Waals surface area contributed by atoms with Crippen LogP contribution in [-0.4, -0.2) is 78.5 Å². The van der Waals surface area contributed by atoms with Crippen LogP contribution in [0, 0.1) is 0 Å². The van der Waals surface area contributed by atoms with Crippen molar-refractivity contribution < 1.29 is 0 Å². The monoisotopic (exact) mass is 507 g/mol. The number of nitrogens with two attached hydrogens (primary N) is 3. The minimum absolute atomic E-state index is 0.755. The van der Waals surface area contributed by atoms with Gasteiger partial charge >= 0.3 is 0 Å². The molecule has 0 aliphatic rings. The number of rotatable bonds is 27. The predicted octanol–water partition coefficient (Wildman–Crippen LogP) is -0.0591. The highest BCUT2D eigenvalue weighted by Crippen LogP contribution is 2.11. The fourth-order valence-electron chi connectivity index (χ4n) is 3.92. The van der Waals surface area contributed by atoms with Crippen molar-refractivity contribution in [1.29, 1.82) is 0 Å². The Morgan fingerprint density at radius 1 is 0.361 bits per heavy atom. The van der Waals surface area contributed by atoms with E-state index in [-0.39, 0.29) is 0 Å². The lowest BCUT2D eigenvalue weighted by molar-refractivity contribution is 0.579. The topological polar surface area (TPSA) is 150 Å². The van der Waals surface area contributed by atoms with Crippen LogP contribution in [0.5, 0.6) is 0 Å². The van der Waals surface area contributed by atoms with Crippen LogP contribution in [0.4, 0.5) is 0 Å². The third-order valence-corrected chi connectivity index (χ3v) is 5.89. The molecule has 0 aliphatic carbocycles. The van der Waals surface area contributed by atoms with Gasteiger partial charge in [-0.15, -0.1) is 0 Å². The van der Waals surface area contributed by atoms with Crippen LogP contribution >= 0.6 is 0 Å². The van der Waals surface area contributed by atoms with E-state index in [9.17, 15) is 0 Å². The highest BCUT2D eigenvalue weighted by atomic mass is 14.9. The van der Waals surface area contributed by atoms with Crippen LogP contribution in [0.3, 0.4) is 0 Å². The molecular weight excluding hydrogens is 450 g/mol. The van der Waals surface area contributed by atoms with Gasteiger partial charge < -0.3 is 49.1 Å². The second kappa shape index (κ2) is 25.5. The molecule has 36 heavy (non-hydrogen) atoms. The van der Waals surface area contributed by atoms with E-state index in [1.165, 1.54) is 16.7 Å². The maximum Gasteiger partial charge on any atom is 0.0205 e. The van der Waals surface area contributed by atoms with E-state index >= 15 is 0 Å². The quantitative estimate of drug-likeness (QED) is 0.0746. The van der Waals surface area contributed by atoms with Gasteiger partial charge in [-0.25, -0.2) is 0 Å². The van der Waals surface area contributed by atoms with Crippen molar-refractivity contribution in [2.45, 2.75) is 58.2 Å². The lowest BCUT2D eigenvalue weighted by atomic mass is 10.0. The Bertz CT molecular complexity index is 507. The molecule has 0 unspecified atom stereocenters. The van der Waals surface area contributed by atoms with Crippen molar-refractivity contribution in [2.24, 2.45) is 17.2 Å². The first-order chi connectivity index (χ1) is 17.8. The zero-order chi connectivity index (χ0) is 25.9. The van der Waals surface area contributed by atoms with Crippen LogP contribution in [0.15, 0.2) is 18.2 Å². The molecular formula is C27H57N9. The summed E-state index contributed by atoms with van der Waals surface area (Å²) in [7, 11) is 0. The molecule has 0 atom stereocenters. The highest BCUT2D eigenvalue weighted by molar-refractivity contribution is 5.30. The molecule has 0 heterocycles. The minimum atomic E-state index is 0.755. The Morgan fingerprint density at radius 3 is 0.889 bits per heavy atom. The van der Waals surface area contributed by atoms with Crippen LogP contribution in [0.1, 0.15) is 55.2 Å². The van der Waals surface area contributed by atoms with Crippen molar-refractivity contribution in [3.05, 3.63) is 34.9 Å². The van der Waals surface area contributed by atoms with Crippen LogP contribution < -0.4 is 49.1 Å². The van der Waals surface area contributed by atoms with E-state index in [1.54, 1.807) is 0 Å². The van der Waals surface area contributed by atoms with Gasteiger partial charge in [0.1, 0.15) is 0 Å². The number of hydrogen-bond acceptors (Lipinski definition) is 9. The molecule has 0 aliphatic heterocycles. The van der Waals surface area contributed by atoms with Crippen molar-refractivity contribution in [3.8, 4) is 0 Å². The zero-order valence-corrected chi connectivity index (χ0v) is 22.8. The number of nitrogens with one attached hydrogen (secondary N) is 6. The summed E-state index contributed by atoms with van der Waals surface area (Å²) in [6.45, 7) is 14.2. The first-order valence-electron chi connectivity index (χ1n) is 14.3. The maximum atomic E-state index is 5.54. The van der Waals surface area contributed by atoms with E-state index in [0.717, 1.165) is 137 Å². The second-order valence-electron chi connectivity index (χ2n) is 9.43. The molecule has 0 amide bonds. The number of benzene rings is 1. The van der Waals surface area contributed by atoms with Gasteiger partial charge in [0.15, 0.2) is 0 Å². The fraction of sp³-hybridized carbons (Fsp3) is 0.778. The van der Waals surface area contributed by atoms with E-state index in [0.29, 0.717) is 0 Å².